The molecule has 0 heterocycles. The van der Waals surface area contributed by atoms with Crippen LogP contribution >= 0.6 is 0 Å². The summed E-state index contributed by atoms with van der Waals surface area (Å²) in [5.74, 6) is 1.50. The number of hydrogen-bond acceptors (Lipinski definition) is 6. The van der Waals surface area contributed by atoms with Crippen molar-refractivity contribution in [2.45, 2.75) is 168 Å². The lowest BCUT2D eigenvalue weighted by atomic mass is 10.0. The molecular formula is C40H72N4O2. The number of ether oxygens (including phenoxy) is 2. The zero-order chi connectivity index (χ0) is 33.5. The van der Waals surface area contributed by atoms with E-state index in [1.165, 1.54) is 141 Å². The summed E-state index contributed by atoms with van der Waals surface area (Å²) in [5, 5.41) is 0. The van der Waals surface area contributed by atoms with Crippen LogP contribution in [-0.4, -0.2) is 13.2 Å². The lowest BCUT2D eigenvalue weighted by Gasteiger charge is -2.09. The van der Waals surface area contributed by atoms with Gasteiger partial charge in [-0.3, -0.25) is 0 Å². The average molecular weight is 641 g/mol. The molecule has 0 atom stereocenters. The van der Waals surface area contributed by atoms with Gasteiger partial charge in [-0.2, -0.15) is 0 Å². The first-order valence-electron chi connectivity index (χ1n) is 19.0. The number of anilines is 4. The van der Waals surface area contributed by atoms with Gasteiger partial charge in [0, 0.05) is 11.4 Å². The lowest BCUT2D eigenvalue weighted by molar-refractivity contribution is 0.305. The van der Waals surface area contributed by atoms with E-state index in [1.807, 2.05) is 24.3 Å². The summed E-state index contributed by atoms with van der Waals surface area (Å²) in [7, 11) is 0. The van der Waals surface area contributed by atoms with Crippen LogP contribution < -0.4 is 32.4 Å². The Morgan fingerprint density at radius 1 is 0.370 bits per heavy atom. The molecule has 2 aromatic carbocycles. The van der Waals surface area contributed by atoms with E-state index in [4.69, 9.17) is 32.4 Å². The Morgan fingerprint density at radius 2 is 0.630 bits per heavy atom. The van der Waals surface area contributed by atoms with Crippen molar-refractivity contribution in [3.63, 3.8) is 0 Å². The summed E-state index contributed by atoms with van der Waals surface area (Å²) in [5.41, 5.74) is 25.7. The van der Waals surface area contributed by atoms with Crippen LogP contribution in [0.5, 0.6) is 11.5 Å². The third kappa shape index (κ3) is 23.6. The van der Waals surface area contributed by atoms with Crippen LogP contribution in [0.4, 0.5) is 22.7 Å². The molecule has 0 saturated carbocycles. The Hall–Kier alpha value is -2.76. The van der Waals surface area contributed by atoms with Gasteiger partial charge >= 0.3 is 0 Å². The quantitative estimate of drug-likeness (QED) is 0.0542. The molecule has 0 radical (unpaired) electrons. The number of nitrogens with two attached hydrogens (primary N) is 4. The molecule has 0 fully saturated rings. The number of unbranched alkanes of at least 4 members (excludes halogenated alkanes) is 22. The zero-order valence-corrected chi connectivity index (χ0v) is 30.0. The molecule has 0 aliphatic carbocycles. The largest absolute Gasteiger partial charge is 0.491 e. The molecule has 2 aromatic rings. The summed E-state index contributed by atoms with van der Waals surface area (Å²) in [6.45, 7) is 6.03. The molecule has 0 bridgehead atoms. The van der Waals surface area contributed by atoms with E-state index in [9.17, 15) is 0 Å². The van der Waals surface area contributed by atoms with Gasteiger partial charge in [-0.15, -0.1) is 0 Å². The van der Waals surface area contributed by atoms with Gasteiger partial charge in [0.1, 0.15) is 11.5 Å². The first-order valence-corrected chi connectivity index (χ1v) is 19.0. The van der Waals surface area contributed by atoms with Crippen molar-refractivity contribution >= 4 is 22.7 Å². The highest BCUT2D eigenvalue weighted by Gasteiger charge is 2.02. The number of nitrogen functional groups attached to an aromatic ring is 4. The van der Waals surface area contributed by atoms with Crippen molar-refractivity contribution in [2.24, 2.45) is 0 Å². The van der Waals surface area contributed by atoms with Crippen molar-refractivity contribution in [3.05, 3.63) is 36.4 Å². The van der Waals surface area contributed by atoms with Crippen molar-refractivity contribution in [1.29, 1.82) is 0 Å². The molecule has 0 unspecified atom stereocenters. The van der Waals surface area contributed by atoms with E-state index in [-0.39, 0.29) is 0 Å². The summed E-state index contributed by atoms with van der Waals surface area (Å²) < 4.78 is 11.4. The Kier molecular flexibility index (Phi) is 26.6. The van der Waals surface area contributed by atoms with Gasteiger partial charge in [0.15, 0.2) is 0 Å². The van der Waals surface area contributed by atoms with E-state index < -0.39 is 0 Å². The molecule has 2 rings (SSSR count). The maximum Gasteiger partial charge on any atom is 0.142 e. The highest BCUT2D eigenvalue weighted by Crippen LogP contribution is 2.25. The fourth-order valence-electron chi connectivity index (χ4n) is 5.65. The smallest absolute Gasteiger partial charge is 0.142 e. The van der Waals surface area contributed by atoms with Crippen LogP contribution in [0.1, 0.15) is 168 Å². The third-order valence-electron chi connectivity index (χ3n) is 8.58. The van der Waals surface area contributed by atoms with Gasteiger partial charge in [0.25, 0.3) is 0 Å². The Balaban J connectivity index is 0.000000467. The summed E-state index contributed by atoms with van der Waals surface area (Å²) in [4.78, 5) is 0. The molecule has 6 nitrogen and oxygen atoms in total. The minimum absolute atomic E-state index is 0.627. The van der Waals surface area contributed by atoms with Gasteiger partial charge in [0.05, 0.1) is 24.6 Å². The molecule has 0 spiro atoms. The fraction of sp³-hybridized carbons (Fsp3) is 0.700. The number of rotatable bonds is 28. The minimum Gasteiger partial charge on any atom is -0.491 e. The Morgan fingerprint density at radius 3 is 0.891 bits per heavy atom. The van der Waals surface area contributed by atoms with Gasteiger partial charge in [0.2, 0.25) is 0 Å². The standard InChI is InChI=1S/C22H40N2O.C18H32N2O/c1-2-3-4-5-6-7-8-9-10-11-12-13-14-15-18-25-22-17-16-20(23)19-21(22)24;1-2-3-4-5-6-7-8-9-10-11-14-21-18-13-12-16(19)15-17(18)20/h16-17,19H,2-15,18,23-24H2,1H3;12-13,15H,2-11,14,19-20H2,1H3. The van der Waals surface area contributed by atoms with Gasteiger partial charge in [-0.05, 0) is 49.2 Å². The molecule has 0 saturated heterocycles. The van der Waals surface area contributed by atoms with Crippen LogP contribution in [0.15, 0.2) is 36.4 Å². The lowest BCUT2D eigenvalue weighted by Crippen LogP contribution is -2.01. The predicted octanol–water partition coefficient (Wildman–Crippen LogP) is 11.9. The Bertz CT molecular complexity index is 968. The normalized spacial score (nSPS) is 10.8. The third-order valence-corrected chi connectivity index (χ3v) is 8.58. The summed E-state index contributed by atoms with van der Waals surface area (Å²) in [6.07, 6.45) is 32.5. The van der Waals surface area contributed by atoms with E-state index in [0.717, 1.165) is 37.6 Å². The van der Waals surface area contributed by atoms with Crippen molar-refractivity contribution in [3.8, 4) is 11.5 Å². The molecule has 0 aliphatic rings. The zero-order valence-electron chi connectivity index (χ0n) is 30.0. The minimum atomic E-state index is 0.627. The molecular weight excluding hydrogens is 568 g/mol. The first-order chi connectivity index (χ1) is 22.5. The molecule has 6 heteroatoms. The van der Waals surface area contributed by atoms with Crippen molar-refractivity contribution in [1.82, 2.24) is 0 Å². The molecule has 0 aromatic heterocycles. The van der Waals surface area contributed by atoms with Gasteiger partial charge in [-0.1, -0.05) is 155 Å². The highest BCUT2D eigenvalue weighted by molar-refractivity contribution is 5.61. The van der Waals surface area contributed by atoms with E-state index in [0.29, 0.717) is 22.7 Å². The molecule has 46 heavy (non-hydrogen) atoms. The van der Waals surface area contributed by atoms with Gasteiger partial charge < -0.3 is 32.4 Å². The maximum atomic E-state index is 5.88. The van der Waals surface area contributed by atoms with Crippen molar-refractivity contribution < 1.29 is 9.47 Å². The second kappa shape index (κ2) is 29.6. The molecule has 264 valence electrons. The number of hydrogen-bond donors (Lipinski definition) is 4. The summed E-state index contributed by atoms with van der Waals surface area (Å²) in [6, 6.07) is 10.9. The van der Waals surface area contributed by atoms with Crippen molar-refractivity contribution in [2.75, 3.05) is 36.1 Å². The SMILES string of the molecule is CCCCCCCCCCCCCCCCOc1ccc(N)cc1N.CCCCCCCCCCCCOc1ccc(N)cc1N. The summed E-state index contributed by atoms with van der Waals surface area (Å²) >= 11 is 0. The molecule has 8 N–H and O–H groups in total. The topological polar surface area (TPSA) is 123 Å². The van der Waals surface area contributed by atoms with Gasteiger partial charge in [-0.25, -0.2) is 0 Å². The predicted molar refractivity (Wildman–Crippen MR) is 204 cm³/mol. The van der Waals surface area contributed by atoms with E-state index in [2.05, 4.69) is 13.8 Å². The van der Waals surface area contributed by atoms with Crippen LogP contribution in [0.3, 0.4) is 0 Å². The van der Waals surface area contributed by atoms with E-state index in [1.54, 1.807) is 12.1 Å². The first kappa shape index (κ1) is 41.3. The van der Waals surface area contributed by atoms with Crippen LogP contribution in [-0.2, 0) is 0 Å². The number of benzene rings is 2. The Labute approximate surface area is 283 Å². The monoisotopic (exact) mass is 641 g/mol. The van der Waals surface area contributed by atoms with Crippen LogP contribution in [0.2, 0.25) is 0 Å². The highest BCUT2D eigenvalue weighted by atomic mass is 16.5. The second-order valence-electron chi connectivity index (χ2n) is 13.1. The second-order valence-corrected chi connectivity index (χ2v) is 13.1. The molecule has 0 amide bonds. The van der Waals surface area contributed by atoms with Crippen LogP contribution in [0, 0.1) is 0 Å². The van der Waals surface area contributed by atoms with Crippen LogP contribution in [0.25, 0.3) is 0 Å². The molecule has 0 aliphatic heterocycles. The van der Waals surface area contributed by atoms with E-state index >= 15 is 0 Å². The fourth-order valence-corrected chi connectivity index (χ4v) is 5.65. The maximum absolute atomic E-state index is 5.88. The average Bonchev–Trinajstić information content (AvgIpc) is 3.04.